The Bertz CT molecular complexity index is 5520. The summed E-state index contributed by atoms with van der Waals surface area (Å²) in [6.45, 7) is 7.43. The number of nitrogens with one attached hydrogen (secondary N) is 8. The molecule has 0 saturated carbocycles. The monoisotopic (exact) mass is 1450 g/mol. The highest BCUT2D eigenvalue weighted by molar-refractivity contribution is 6.30. The number of halogens is 7. The number of rotatable bonds is 16. The third kappa shape index (κ3) is 18.4. The van der Waals surface area contributed by atoms with Gasteiger partial charge in [0, 0.05) is 98.6 Å². The van der Waals surface area contributed by atoms with Gasteiger partial charge in [-0.05, 0) is 118 Å². The maximum absolute atomic E-state index is 12.8. The van der Waals surface area contributed by atoms with Gasteiger partial charge in [0.25, 0.3) is 0 Å². The van der Waals surface area contributed by atoms with Gasteiger partial charge >= 0.3 is 12.4 Å². The number of aryl methyl sites for hydroxylation is 4. The zero-order valence-electron chi connectivity index (χ0n) is 56.3. The summed E-state index contributed by atoms with van der Waals surface area (Å²) < 4.78 is 92.5. The molecule has 0 spiro atoms. The molecule has 5 aromatic carbocycles. The molecule has 0 aliphatic carbocycles. The van der Waals surface area contributed by atoms with Crippen LogP contribution in [0.3, 0.4) is 0 Å². The molecular weight excluding hydrogens is 1390 g/mol. The van der Waals surface area contributed by atoms with Crippen molar-refractivity contribution in [3.8, 4) is 91.2 Å². The van der Waals surface area contributed by atoms with Crippen LogP contribution < -0.4 is 21.3 Å². The van der Waals surface area contributed by atoms with Crippen molar-refractivity contribution in [2.45, 2.75) is 40.0 Å². The first-order chi connectivity index (χ1) is 51.2. The first-order valence-electron chi connectivity index (χ1n) is 32.3. The van der Waals surface area contributed by atoms with Gasteiger partial charge in [-0.1, -0.05) is 96.5 Å². The van der Waals surface area contributed by atoms with E-state index in [1.807, 2.05) is 153 Å². The van der Waals surface area contributed by atoms with Gasteiger partial charge in [0.1, 0.15) is 40.4 Å². The van der Waals surface area contributed by atoms with Crippen molar-refractivity contribution in [3.63, 3.8) is 0 Å². The minimum atomic E-state index is -4.38. The number of aromatic amines is 4. The van der Waals surface area contributed by atoms with E-state index in [1.54, 1.807) is 63.0 Å². The Morgan fingerprint density at radius 1 is 0.292 bits per heavy atom. The SMILES string of the molecule is Cc1cc(Nc2cc(-c3ccccc3)[nH]n2)nc(-c2ccc(C(F)(F)F)cc2)n1.Cc1cc(Nc2cc(-c3ccco3)[nH]n2)nc(-c2ccc(C(F)(F)F)cc2)n1.Cc1cc(Nc2cc(-c3ccco3)[nH]n2)nc(-c2ccc(Cl)cc2)n1.Cc1cc(Nc2cc(-c3ccco3)[nH]n2)nc(-c2ccccc2)n1. The summed E-state index contributed by atoms with van der Waals surface area (Å²) in [5.74, 6) is 8.78. The molecule has 23 nitrogen and oxygen atoms in total. The average molecular weight is 1450 g/mol. The van der Waals surface area contributed by atoms with Crippen molar-refractivity contribution in [1.29, 1.82) is 0 Å². The zero-order chi connectivity index (χ0) is 73.7. The fourth-order valence-corrected chi connectivity index (χ4v) is 10.5. The number of hydrogen-bond donors (Lipinski definition) is 8. The minimum absolute atomic E-state index is 0.318. The van der Waals surface area contributed by atoms with Gasteiger partial charge in [-0.2, -0.15) is 46.7 Å². The summed E-state index contributed by atoms with van der Waals surface area (Å²) in [4.78, 5) is 35.5. The highest BCUT2D eigenvalue weighted by Gasteiger charge is 2.31. The van der Waals surface area contributed by atoms with Crippen LogP contribution in [-0.2, 0) is 12.4 Å². The normalized spacial score (nSPS) is 11.2. The Labute approximate surface area is 604 Å². The van der Waals surface area contributed by atoms with Gasteiger partial charge in [0.15, 0.2) is 63.8 Å². The van der Waals surface area contributed by atoms with Crippen molar-refractivity contribution < 1.29 is 39.6 Å². The molecule has 106 heavy (non-hydrogen) atoms. The summed E-state index contributed by atoms with van der Waals surface area (Å²) in [7, 11) is 0. The number of hydrogen-bond acceptors (Lipinski definition) is 19. The Morgan fingerprint density at radius 3 is 0.858 bits per heavy atom. The lowest BCUT2D eigenvalue weighted by Crippen LogP contribution is -2.04. The van der Waals surface area contributed by atoms with Crippen molar-refractivity contribution >= 4 is 58.1 Å². The lowest BCUT2D eigenvalue weighted by molar-refractivity contribution is -0.138. The van der Waals surface area contributed by atoms with Crippen LogP contribution in [-0.4, -0.2) is 80.7 Å². The molecule has 11 heterocycles. The second kappa shape index (κ2) is 31.6. The molecule has 0 amide bonds. The second-order valence-electron chi connectivity index (χ2n) is 23.4. The quantitative estimate of drug-likeness (QED) is 0.0417. The molecule has 0 radical (unpaired) electrons. The summed E-state index contributed by atoms with van der Waals surface area (Å²) in [5, 5.41) is 41.8. The summed E-state index contributed by atoms with van der Waals surface area (Å²) in [6, 6.07) is 62.1. The summed E-state index contributed by atoms with van der Waals surface area (Å²) >= 11 is 5.94. The average Bonchev–Trinajstić information content (AvgIpc) is 0.901. The molecule has 0 fully saturated rings. The van der Waals surface area contributed by atoms with E-state index in [1.165, 1.54) is 24.3 Å². The molecule has 0 aliphatic heterocycles. The van der Waals surface area contributed by atoms with E-state index in [0.29, 0.717) is 109 Å². The Kier molecular flexibility index (Phi) is 21.0. The van der Waals surface area contributed by atoms with E-state index in [9.17, 15) is 26.3 Å². The van der Waals surface area contributed by atoms with Gasteiger partial charge < -0.3 is 34.5 Å². The predicted octanol–water partition coefficient (Wildman–Crippen LogP) is 19.8. The van der Waals surface area contributed by atoms with Crippen LogP contribution in [0, 0.1) is 27.7 Å². The number of furan rings is 3. The molecule has 16 rings (SSSR count). The highest BCUT2D eigenvalue weighted by atomic mass is 35.5. The third-order valence-corrected chi connectivity index (χ3v) is 15.5. The van der Waals surface area contributed by atoms with Crippen molar-refractivity contribution in [3.05, 3.63) is 276 Å². The molecule has 0 saturated heterocycles. The molecule has 0 aliphatic rings. The number of aromatic nitrogens is 16. The molecular formula is C76H59ClF6N20O3. The molecule has 16 aromatic rings. The molecule has 0 unspecified atom stereocenters. The van der Waals surface area contributed by atoms with E-state index in [4.69, 9.17) is 24.9 Å². The molecule has 0 bridgehead atoms. The standard InChI is InChI=1S/C21H16F3N5.C19H14F3N5O.C18H14ClN5O.C18H15N5O/c1-13-11-18(26-19-12-17(28-29-19)14-5-3-2-4-6-14)27-20(25-13)15-7-9-16(10-8-15)21(22,23)24;1-11-9-16(24-17-10-14(26-27-17)15-3-2-8-28-15)25-18(23-11)12-4-6-13(7-5-12)19(20,21)22;1-11-9-16(22-18(20-11)12-4-6-13(19)7-5-12)21-17-10-14(23-24-17)15-3-2-8-25-15;1-12-10-16(21-18(19-12)13-6-3-2-4-7-13)20-17-11-14(22-23-17)15-8-5-9-24-15/h2-12H,1H3,(H2,25,26,27,28,29);2-10H,1H3,(H2,23,24,25,26,27);2-10H,1H3,(H2,20,21,22,23,24);2-11H,1H3,(H2,19,20,21,22,23). The van der Waals surface area contributed by atoms with Gasteiger partial charge in [0.2, 0.25) is 0 Å². The third-order valence-electron chi connectivity index (χ3n) is 15.3. The van der Waals surface area contributed by atoms with Gasteiger partial charge in [-0.3, -0.25) is 20.4 Å². The van der Waals surface area contributed by atoms with Crippen LogP contribution >= 0.6 is 11.6 Å². The van der Waals surface area contributed by atoms with Crippen LogP contribution in [0.25, 0.3) is 91.2 Å². The van der Waals surface area contributed by atoms with E-state index < -0.39 is 23.5 Å². The molecule has 530 valence electrons. The molecule has 0 atom stereocenters. The van der Waals surface area contributed by atoms with Crippen LogP contribution in [0.4, 0.5) is 72.9 Å². The van der Waals surface area contributed by atoms with E-state index in [-0.39, 0.29) is 0 Å². The van der Waals surface area contributed by atoms with Crippen molar-refractivity contribution in [1.82, 2.24) is 80.7 Å². The Morgan fingerprint density at radius 2 is 0.566 bits per heavy atom. The molecule has 8 N–H and O–H groups in total. The predicted molar refractivity (Wildman–Crippen MR) is 390 cm³/mol. The van der Waals surface area contributed by atoms with Gasteiger partial charge in [0.05, 0.1) is 35.6 Å². The van der Waals surface area contributed by atoms with Crippen LogP contribution in [0.2, 0.25) is 5.02 Å². The van der Waals surface area contributed by atoms with Gasteiger partial charge in [-0.15, -0.1) is 0 Å². The highest BCUT2D eigenvalue weighted by Crippen LogP contribution is 2.34. The van der Waals surface area contributed by atoms with Crippen molar-refractivity contribution in [2.24, 2.45) is 0 Å². The maximum Gasteiger partial charge on any atom is 0.416 e. The fourth-order valence-electron chi connectivity index (χ4n) is 10.4. The lowest BCUT2D eigenvalue weighted by atomic mass is 10.1. The number of H-pyrrole nitrogens is 4. The van der Waals surface area contributed by atoms with Crippen LogP contribution in [0.1, 0.15) is 33.9 Å². The Balaban J connectivity index is 0.000000125. The smallest absolute Gasteiger partial charge is 0.416 e. The van der Waals surface area contributed by atoms with E-state index in [0.717, 1.165) is 80.9 Å². The number of alkyl halides is 6. The van der Waals surface area contributed by atoms with Crippen LogP contribution in [0.15, 0.2) is 250 Å². The molecule has 30 heteroatoms. The lowest BCUT2D eigenvalue weighted by Gasteiger charge is -2.09. The molecule has 11 aromatic heterocycles. The number of anilines is 8. The first-order valence-corrected chi connectivity index (χ1v) is 32.7. The van der Waals surface area contributed by atoms with E-state index >= 15 is 0 Å². The fraction of sp³-hybridized carbons (Fsp3) is 0.0789. The first kappa shape index (κ1) is 70.6. The van der Waals surface area contributed by atoms with Crippen molar-refractivity contribution in [2.75, 3.05) is 21.3 Å². The van der Waals surface area contributed by atoms with Gasteiger partial charge in [-0.25, -0.2) is 39.9 Å². The van der Waals surface area contributed by atoms with Crippen LogP contribution in [0.5, 0.6) is 0 Å². The summed E-state index contributed by atoms with van der Waals surface area (Å²) in [6.07, 6.45) is -3.95. The number of benzene rings is 5. The zero-order valence-corrected chi connectivity index (χ0v) is 57.0. The minimum Gasteiger partial charge on any atom is -0.463 e. The second-order valence-corrected chi connectivity index (χ2v) is 23.8. The number of nitrogens with zero attached hydrogens (tertiary/aromatic N) is 12. The van der Waals surface area contributed by atoms with E-state index in [2.05, 4.69) is 102 Å². The Hall–Kier alpha value is -13.8. The largest absolute Gasteiger partial charge is 0.463 e. The topological polar surface area (TPSA) is 305 Å². The maximum atomic E-state index is 12.8. The summed E-state index contributed by atoms with van der Waals surface area (Å²) in [5.41, 5.74) is 8.63.